The van der Waals surface area contributed by atoms with Gasteiger partial charge in [-0.05, 0) is 51.3 Å². The van der Waals surface area contributed by atoms with Gasteiger partial charge in [0.2, 0.25) is 0 Å². The second kappa shape index (κ2) is 8.32. The number of nitrogens with zero attached hydrogens (tertiary/aromatic N) is 2. The maximum absolute atomic E-state index is 12.7. The summed E-state index contributed by atoms with van der Waals surface area (Å²) in [4.78, 5) is 14.9. The quantitative estimate of drug-likeness (QED) is 0.596. The van der Waals surface area contributed by atoms with E-state index in [-0.39, 0.29) is 23.1 Å². The molecule has 1 saturated carbocycles. The Morgan fingerprint density at radius 1 is 1.31 bits per heavy atom. The SMILES string of the molecule is COc1cc2c(cc1/C=C(\C#N)C(=O)NC1CCCCC1)C(C)=CC(C)(C)N2C. The van der Waals surface area contributed by atoms with Crippen LogP contribution in [0.15, 0.2) is 23.8 Å². The van der Waals surface area contributed by atoms with Crippen LogP contribution >= 0.6 is 0 Å². The first-order valence-corrected chi connectivity index (χ1v) is 10.3. The molecular weight excluding hydrogens is 362 g/mol. The van der Waals surface area contributed by atoms with Crippen LogP contribution in [0.4, 0.5) is 5.69 Å². The summed E-state index contributed by atoms with van der Waals surface area (Å²) in [6.07, 6.45) is 9.32. The molecule has 5 nitrogen and oxygen atoms in total. The molecule has 0 aromatic heterocycles. The second-order valence-electron chi connectivity index (χ2n) is 8.63. The minimum atomic E-state index is -0.301. The smallest absolute Gasteiger partial charge is 0.262 e. The summed E-state index contributed by atoms with van der Waals surface area (Å²) in [6, 6.07) is 6.24. The standard InChI is InChI=1S/C24H31N3O2/c1-16-14-24(2,3)27(4)21-13-22(29-5)17(12-20(16)21)11-18(15-25)23(28)26-19-9-7-6-8-10-19/h11-14,19H,6-10H2,1-5H3,(H,26,28)/b18-11+. The lowest BCUT2D eigenvalue weighted by Gasteiger charge is -2.41. The van der Waals surface area contributed by atoms with Crippen molar-refractivity contribution in [3.05, 3.63) is 34.9 Å². The van der Waals surface area contributed by atoms with Crippen LogP contribution in [0.5, 0.6) is 5.75 Å². The van der Waals surface area contributed by atoms with E-state index >= 15 is 0 Å². The first kappa shape index (κ1) is 21.0. The van der Waals surface area contributed by atoms with Gasteiger partial charge in [-0.1, -0.05) is 25.3 Å². The fourth-order valence-electron chi connectivity index (χ4n) is 4.30. The van der Waals surface area contributed by atoms with Crippen LogP contribution < -0.4 is 15.0 Å². The predicted molar refractivity (Wildman–Crippen MR) is 118 cm³/mol. The molecule has 29 heavy (non-hydrogen) atoms. The molecule has 2 aliphatic rings. The molecule has 1 aromatic carbocycles. The van der Waals surface area contributed by atoms with E-state index in [9.17, 15) is 10.1 Å². The van der Waals surface area contributed by atoms with Crippen LogP contribution in [0.1, 0.15) is 64.0 Å². The van der Waals surface area contributed by atoms with Crippen LogP contribution in [0, 0.1) is 11.3 Å². The number of amides is 1. The van der Waals surface area contributed by atoms with Crippen LogP contribution in [0.25, 0.3) is 11.6 Å². The minimum absolute atomic E-state index is 0.100. The molecule has 1 heterocycles. The van der Waals surface area contributed by atoms with E-state index in [4.69, 9.17) is 4.74 Å². The zero-order valence-electron chi connectivity index (χ0n) is 18.1. The van der Waals surface area contributed by atoms with Gasteiger partial charge in [0.15, 0.2) is 0 Å². The van der Waals surface area contributed by atoms with Crippen molar-refractivity contribution < 1.29 is 9.53 Å². The van der Waals surface area contributed by atoms with Crippen LogP contribution in [-0.4, -0.2) is 31.6 Å². The third kappa shape index (κ3) is 4.32. The molecule has 3 rings (SSSR count). The largest absolute Gasteiger partial charge is 0.496 e. The number of hydrogen-bond acceptors (Lipinski definition) is 4. The average Bonchev–Trinajstić information content (AvgIpc) is 2.70. The van der Waals surface area contributed by atoms with Gasteiger partial charge in [0, 0.05) is 36.0 Å². The van der Waals surface area contributed by atoms with Crippen molar-refractivity contribution in [3.8, 4) is 11.8 Å². The molecule has 0 radical (unpaired) electrons. The Bertz CT molecular complexity index is 899. The van der Waals surface area contributed by atoms with Crippen LogP contribution in [0.3, 0.4) is 0 Å². The van der Waals surface area contributed by atoms with Gasteiger partial charge >= 0.3 is 0 Å². The first-order chi connectivity index (χ1) is 13.8. The molecule has 0 spiro atoms. The molecule has 0 atom stereocenters. The second-order valence-corrected chi connectivity index (χ2v) is 8.63. The number of carbonyl (C=O) groups excluding carboxylic acids is 1. The monoisotopic (exact) mass is 393 g/mol. The normalized spacial score (nSPS) is 19.1. The van der Waals surface area contributed by atoms with E-state index in [2.05, 4.69) is 50.2 Å². The molecule has 1 amide bonds. The number of carbonyl (C=O) groups is 1. The van der Waals surface area contributed by atoms with Crippen molar-refractivity contribution in [2.45, 2.75) is 64.5 Å². The van der Waals surface area contributed by atoms with Gasteiger partial charge in [-0.3, -0.25) is 4.79 Å². The third-order valence-electron chi connectivity index (χ3n) is 6.17. The fraction of sp³-hybridized carbons (Fsp3) is 0.500. The van der Waals surface area contributed by atoms with Crippen molar-refractivity contribution in [2.75, 3.05) is 19.1 Å². The summed E-state index contributed by atoms with van der Waals surface area (Å²) in [5, 5.41) is 12.6. The molecule has 1 N–H and O–H groups in total. The molecule has 1 aliphatic carbocycles. The third-order valence-corrected chi connectivity index (χ3v) is 6.17. The number of methoxy groups -OCH3 is 1. The number of likely N-dealkylation sites (N-methyl/N-ethyl adjacent to an activating group) is 1. The Balaban J connectivity index is 1.96. The molecule has 0 unspecified atom stereocenters. The van der Waals surface area contributed by atoms with Gasteiger partial charge in [-0.15, -0.1) is 0 Å². The maximum Gasteiger partial charge on any atom is 0.262 e. The summed E-state index contributed by atoms with van der Waals surface area (Å²) < 4.78 is 5.61. The molecule has 0 bridgehead atoms. The number of anilines is 1. The molecule has 5 heteroatoms. The highest BCUT2D eigenvalue weighted by Gasteiger charge is 2.29. The Morgan fingerprint density at radius 3 is 2.62 bits per heavy atom. The van der Waals surface area contributed by atoms with Gasteiger partial charge < -0.3 is 15.0 Å². The average molecular weight is 394 g/mol. The number of rotatable bonds is 4. The number of hydrogen-bond donors (Lipinski definition) is 1. The molecule has 1 aromatic rings. The highest BCUT2D eigenvalue weighted by molar-refractivity contribution is 6.02. The highest BCUT2D eigenvalue weighted by Crippen LogP contribution is 2.41. The Labute approximate surface area is 174 Å². The van der Waals surface area contributed by atoms with Gasteiger partial charge in [0.05, 0.1) is 12.6 Å². The maximum atomic E-state index is 12.7. The zero-order chi connectivity index (χ0) is 21.2. The summed E-state index contributed by atoms with van der Waals surface area (Å²) in [5.41, 5.74) is 4.09. The summed E-state index contributed by atoms with van der Waals surface area (Å²) in [5.74, 6) is 0.351. The van der Waals surface area contributed by atoms with E-state index in [1.165, 1.54) is 12.0 Å². The van der Waals surface area contributed by atoms with Crippen molar-refractivity contribution in [3.63, 3.8) is 0 Å². The van der Waals surface area contributed by atoms with Gasteiger partial charge in [0.1, 0.15) is 17.4 Å². The van der Waals surface area contributed by atoms with E-state index in [1.807, 2.05) is 12.1 Å². The number of fused-ring (bicyclic) bond motifs is 1. The van der Waals surface area contributed by atoms with E-state index < -0.39 is 0 Å². The van der Waals surface area contributed by atoms with E-state index in [0.29, 0.717) is 5.75 Å². The summed E-state index contributed by atoms with van der Waals surface area (Å²) in [7, 11) is 3.68. The fourth-order valence-corrected chi connectivity index (χ4v) is 4.30. The Morgan fingerprint density at radius 2 is 2.00 bits per heavy atom. The number of nitriles is 1. The molecule has 154 valence electrons. The summed E-state index contributed by atoms with van der Waals surface area (Å²) >= 11 is 0. The number of allylic oxidation sites excluding steroid dienone is 1. The lowest BCUT2D eigenvalue weighted by atomic mass is 9.88. The predicted octanol–water partition coefficient (Wildman–Crippen LogP) is 4.68. The molecule has 1 aliphatic heterocycles. The molecule has 1 fully saturated rings. The minimum Gasteiger partial charge on any atom is -0.496 e. The Hall–Kier alpha value is -2.74. The summed E-state index contributed by atoms with van der Waals surface area (Å²) in [6.45, 7) is 6.43. The number of nitrogens with one attached hydrogen (secondary N) is 1. The van der Waals surface area contributed by atoms with Crippen molar-refractivity contribution >= 4 is 23.2 Å². The van der Waals surface area contributed by atoms with Crippen molar-refractivity contribution in [1.29, 1.82) is 5.26 Å². The van der Waals surface area contributed by atoms with Crippen molar-refractivity contribution in [1.82, 2.24) is 5.32 Å². The zero-order valence-corrected chi connectivity index (χ0v) is 18.1. The highest BCUT2D eigenvalue weighted by atomic mass is 16.5. The van der Waals surface area contributed by atoms with Crippen LogP contribution in [0.2, 0.25) is 0 Å². The molecule has 0 saturated heterocycles. The number of ether oxygens (including phenoxy) is 1. The van der Waals surface area contributed by atoms with Gasteiger partial charge in [-0.25, -0.2) is 0 Å². The van der Waals surface area contributed by atoms with Crippen molar-refractivity contribution in [2.24, 2.45) is 0 Å². The van der Waals surface area contributed by atoms with E-state index in [1.54, 1.807) is 13.2 Å². The van der Waals surface area contributed by atoms with E-state index in [0.717, 1.165) is 42.5 Å². The Kier molecular flexibility index (Phi) is 6.02. The first-order valence-electron chi connectivity index (χ1n) is 10.3. The molecular formula is C24H31N3O2. The topological polar surface area (TPSA) is 65.4 Å². The lowest BCUT2D eigenvalue weighted by molar-refractivity contribution is -0.117. The van der Waals surface area contributed by atoms with Gasteiger partial charge in [0.25, 0.3) is 5.91 Å². The number of benzene rings is 1. The lowest BCUT2D eigenvalue weighted by Crippen LogP contribution is -2.42. The van der Waals surface area contributed by atoms with Crippen LogP contribution in [-0.2, 0) is 4.79 Å². The van der Waals surface area contributed by atoms with Gasteiger partial charge in [-0.2, -0.15) is 5.26 Å².